The molecule has 0 fully saturated rings. The number of rotatable bonds is 8. The molecule has 0 saturated carbocycles. The van der Waals surface area contributed by atoms with Crippen LogP contribution >= 0.6 is 24.0 Å². The van der Waals surface area contributed by atoms with Gasteiger partial charge < -0.3 is 24.8 Å². The lowest BCUT2D eigenvalue weighted by Gasteiger charge is -2.14. The molecule has 0 aliphatic carbocycles. The standard InChI is InChI=1S/C22H27N5O3.HI/c1-23-22(24-14-16-5-8-20(29-3)13-21(16)30-4)25-15-17-11-12-27(26-17)18-6-9-19(28-2)10-7-18;/h5-13H,14-15H2,1-4H3,(H2,23,24,25);1H. The zero-order chi connectivity index (χ0) is 21.3. The molecule has 2 N–H and O–H groups in total. The van der Waals surface area contributed by atoms with Crippen molar-refractivity contribution in [3.63, 3.8) is 0 Å². The maximum Gasteiger partial charge on any atom is 0.191 e. The molecule has 9 heteroatoms. The van der Waals surface area contributed by atoms with E-state index >= 15 is 0 Å². The lowest BCUT2D eigenvalue weighted by Crippen LogP contribution is -2.36. The van der Waals surface area contributed by atoms with Crippen LogP contribution in [0.2, 0.25) is 0 Å². The van der Waals surface area contributed by atoms with Crippen molar-refractivity contribution in [3.8, 4) is 22.9 Å². The quantitative estimate of drug-likeness (QED) is 0.261. The Kier molecular flexibility index (Phi) is 9.44. The number of hydrogen-bond acceptors (Lipinski definition) is 5. The number of guanidine groups is 1. The topological polar surface area (TPSA) is 81.9 Å². The number of halogens is 1. The average Bonchev–Trinajstić information content (AvgIpc) is 3.28. The third-order valence-electron chi connectivity index (χ3n) is 4.58. The van der Waals surface area contributed by atoms with Gasteiger partial charge in [-0.1, -0.05) is 0 Å². The molecule has 0 amide bonds. The van der Waals surface area contributed by atoms with E-state index in [1.54, 1.807) is 28.4 Å². The van der Waals surface area contributed by atoms with Crippen LogP contribution in [0.25, 0.3) is 5.69 Å². The van der Waals surface area contributed by atoms with Crippen LogP contribution in [-0.2, 0) is 13.1 Å². The van der Waals surface area contributed by atoms with Crippen LogP contribution in [0.4, 0.5) is 0 Å². The summed E-state index contributed by atoms with van der Waals surface area (Å²) in [4.78, 5) is 4.27. The first-order valence-corrected chi connectivity index (χ1v) is 9.51. The fourth-order valence-electron chi connectivity index (χ4n) is 2.91. The Labute approximate surface area is 199 Å². The van der Waals surface area contributed by atoms with Crippen molar-refractivity contribution in [1.29, 1.82) is 0 Å². The molecule has 0 saturated heterocycles. The summed E-state index contributed by atoms with van der Waals surface area (Å²) in [6, 6.07) is 15.5. The van der Waals surface area contributed by atoms with E-state index in [1.807, 2.05) is 59.4 Å². The van der Waals surface area contributed by atoms with Crippen molar-refractivity contribution >= 4 is 29.9 Å². The summed E-state index contributed by atoms with van der Waals surface area (Å²) in [5, 5.41) is 11.2. The van der Waals surface area contributed by atoms with Gasteiger partial charge in [0.2, 0.25) is 0 Å². The van der Waals surface area contributed by atoms with Crippen LogP contribution in [0.5, 0.6) is 17.2 Å². The number of benzene rings is 2. The van der Waals surface area contributed by atoms with Gasteiger partial charge in [-0.2, -0.15) is 5.10 Å². The van der Waals surface area contributed by atoms with Gasteiger partial charge in [0, 0.05) is 31.4 Å². The predicted octanol–water partition coefficient (Wildman–Crippen LogP) is 3.38. The predicted molar refractivity (Wildman–Crippen MR) is 132 cm³/mol. The molecule has 0 spiro atoms. The van der Waals surface area contributed by atoms with Crippen LogP contribution in [-0.4, -0.2) is 44.1 Å². The minimum Gasteiger partial charge on any atom is -0.497 e. The van der Waals surface area contributed by atoms with Crippen molar-refractivity contribution in [2.24, 2.45) is 4.99 Å². The normalized spacial score (nSPS) is 10.8. The Balaban J connectivity index is 0.00000341. The number of ether oxygens (including phenoxy) is 3. The zero-order valence-electron chi connectivity index (χ0n) is 18.1. The van der Waals surface area contributed by atoms with Crippen LogP contribution in [0.3, 0.4) is 0 Å². The highest BCUT2D eigenvalue weighted by Crippen LogP contribution is 2.24. The van der Waals surface area contributed by atoms with E-state index in [4.69, 9.17) is 14.2 Å². The van der Waals surface area contributed by atoms with Gasteiger partial charge in [0.15, 0.2) is 5.96 Å². The van der Waals surface area contributed by atoms with Gasteiger partial charge in [0.05, 0.1) is 39.3 Å². The minimum absolute atomic E-state index is 0. The third kappa shape index (κ3) is 6.51. The zero-order valence-corrected chi connectivity index (χ0v) is 20.4. The number of aromatic nitrogens is 2. The molecule has 0 unspecified atom stereocenters. The van der Waals surface area contributed by atoms with Crippen LogP contribution < -0.4 is 24.8 Å². The lowest BCUT2D eigenvalue weighted by atomic mass is 10.2. The molecule has 0 aliphatic heterocycles. The number of aliphatic imine (C=N–C) groups is 1. The van der Waals surface area contributed by atoms with Gasteiger partial charge in [-0.15, -0.1) is 24.0 Å². The van der Waals surface area contributed by atoms with Crippen molar-refractivity contribution < 1.29 is 14.2 Å². The summed E-state index contributed by atoms with van der Waals surface area (Å²) in [6.07, 6.45) is 1.93. The summed E-state index contributed by atoms with van der Waals surface area (Å²) < 4.78 is 17.7. The molecular formula is C22H28IN5O3. The maximum absolute atomic E-state index is 5.44. The fourth-order valence-corrected chi connectivity index (χ4v) is 2.91. The summed E-state index contributed by atoms with van der Waals surface area (Å²) in [5.41, 5.74) is 2.87. The molecule has 1 heterocycles. The number of nitrogens with one attached hydrogen (secondary N) is 2. The van der Waals surface area contributed by atoms with Crippen LogP contribution in [0.1, 0.15) is 11.3 Å². The van der Waals surface area contributed by atoms with Crippen molar-refractivity contribution in [2.45, 2.75) is 13.1 Å². The molecule has 2 aromatic carbocycles. The molecule has 0 aliphatic rings. The first kappa shape index (κ1) is 24.3. The Bertz CT molecular complexity index is 989. The number of methoxy groups -OCH3 is 3. The van der Waals surface area contributed by atoms with Gasteiger partial charge in [-0.05, 0) is 42.5 Å². The lowest BCUT2D eigenvalue weighted by molar-refractivity contribution is 0.390. The van der Waals surface area contributed by atoms with Crippen molar-refractivity contribution in [3.05, 3.63) is 66.0 Å². The van der Waals surface area contributed by atoms with Gasteiger partial charge in [0.1, 0.15) is 17.2 Å². The van der Waals surface area contributed by atoms with E-state index in [0.29, 0.717) is 19.0 Å². The molecule has 31 heavy (non-hydrogen) atoms. The molecule has 3 aromatic rings. The highest BCUT2D eigenvalue weighted by Gasteiger charge is 2.07. The Hall–Kier alpha value is -2.95. The van der Waals surface area contributed by atoms with Crippen LogP contribution in [0.15, 0.2) is 59.7 Å². The molecule has 8 nitrogen and oxygen atoms in total. The van der Waals surface area contributed by atoms with Crippen molar-refractivity contribution in [1.82, 2.24) is 20.4 Å². The second-order valence-electron chi connectivity index (χ2n) is 6.41. The number of hydrogen-bond donors (Lipinski definition) is 2. The molecule has 3 rings (SSSR count). The maximum atomic E-state index is 5.44. The summed E-state index contributed by atoms with van der Waals surface area (Å²) in [6.45, 7) is 1.11. The summed E-state index contributed by atoms with van der Waals surface area (Å²) in [7, 11) is 6.66. The van der Waals surface area contributed by atoms with Crippen molar-refractivity contribution in [2.75, 3.05) is 28.4 Å². The third-order valence-corrected chi connectivity index (χ3v) is 4.58. The Morgan fingerprint density at radius 3 is 2.23 bits per heavy atom. The summed E-state index contributed by atoms with van der Waals surface area (Å²) >= 11 is 0. The van der Waals surface area contributed by atoms with Gasteiger partial charge >= 0.3 is 0 Å². The van der Waals surface area contributed by atoms with Gasteiger partial charge in [-0.3, -0.25) is 4.99 Å². The highest BCUT2D eigenvalue weighted by molar-refractivity contribution is 14.0. The average molecular weight is 537 g/mol. The molecule has 0 radical (unpaired) electrons. The van der Waals surface area contributed by atoms with E-state index < -0.39 is 0 Å². The summed E-state index contributed by atoms with van der Waals surface area (Å²) in [5.74, 6) is 3.00. The molecule has 0 atom stereocenters. The largest absolute Gasteiger partial charge is 0.497 e. The molecule has 0 bridgehead atoms. The molecule has 166 valence electrons. The smallest absolute Gasteiger partial charge is 0.191 e. The number of nitrogens with zero attached hydrogens (tertiary/aromatic N) is 3. The Morgan fingerprint density at radius 1 is 0.903 bits per heavy atom. The molecule has 1 aromatic heterocycles. The Morgan fingerprint density at radius 2 is 1.58 bits per heavy atom. The van der Waals surface area contributed by atoms with Gasteiger partial charge in [-0.25, -0.2) is 4.68 Å². The van der Waals surface area contributed by atoms with E-state index in [1.165, 1.54) is 0 Å². The second-order valence-corrected chi connectivity index (χ2v) is 6.41. The van der Waals surface area contributed by atoms with Gasteiger partial charge in [0.25, 0.3) is 0 Å². The van der Waals surface area contributed by atoms with E-state index in [2.05, 4.69) is 20.7 Å². The van der Waals surface area contributed by atoms with Crippen LogP contribution in [0, 0.1) is 0 Å². The van der Waals surface area contributed by atoms with E-state index in [0.717, 1.165) is 34.2 Å². The van der Waals surface area contributed by atoms with E-state index in [9.17, 15) is 0 Å². The SMILES string of the molecule is CN=C(NCc1ccn(-c2ccc(OC)cc2)n1)NCc1ccc(OC)cc1OC.I. The second kappa shape index (κ2) is 12.0. The molecular weight excluding hydrogens is 509 g/mol. The minimum atomic E-state index is 0. The monoisotopic (exact) mass is 537 g/mol. The fraction of sp³-hybridized carbons (Fsp3) is 0.273. The van der Waals surface area contributed by atoms with E-state index in [-0.39, 0.29) is 24.0 Å². The highest BCUT2D eigenvalue weighted by atomic mass is 127. The first-order valence-electron chi connectivity index (χ1n) is 9.51. The first-order chi connectivity index (χ1) is 14.7.